The molecule has 28 heavy (non-hydrogen) atoms. The van der Waals surface area contributed by atoms with Gasteiger partial charge in [0.25, 0.3) is 0 Å². The second-order valence-corrected chi connectivity index (χ2v) is 8.31. The first-order valence-corrected chi connectivity index (χ1v) is 9.67. The molecule has 0 radical (unpaired) electrons. The van der Waals surface area contributed by atoms with Crippen molar-refractivity contribution in [1.82, 2.24) is 9.38 Å². The third-order valence-electron chi connectivity index (χ3n) is 5.05. The topological polar surface area (TPSA) is 26.5 Å². The maximum Gasteiger partial charge on any atom is 0.137 e. The van der Waals surface area contributed by atoms with Crippen LogP contribution in [0.5, 0.6) is 5.75 Å². The fourth-order valence-electron chi connectivity index (χ4n) is 3.31. The minimum Gasteiger partial charge on any atom is -0.489 e. The van der Waals surface area contributed by atoms with E-state index in [2.05, 4.69) is 70.3 Å². The Morgan fingerprint density at radius 2 is 1.75 bits per heavy atom. The van der Waals surface area contributed by atoms with E-state index in [4.69, 9.17) is 9.72 Å². The van der Waals surface area contributed by atoms with Gasteiger partial charge in [-0.05, 0) is 59.4 Å². The van der Waals surface area contributed by atoms with Gasteiger partial charge in [-0.15, -0.1) is 0 Å². The minimum atomic E-state index is 0.170. The second kappa shape index (κ2) is 7.16. The van der Waals surface area contributed by atoms with Crippen LogP contribution in [0.3, 0.4) is 0 Å². The average Bonchev–Trinajstić information content (AvgIpc) is 3.11. The summed E-state index contributed by atoms with van der Waals surface area (Å²) in [5, 5.41) is 0. The number of nitrogens with zero attached hydrogens (tertiary/aromatic N) is 2. The second-order valence-electron chi connectivity index (χ2n) is 8.31. The quantitative estimate of drug-likeness (QED) is 0.428. The number of aromatic nitrogens is 2. The Labute approximate surface area is 166 Å². The van der Waals surface area contributed by atoms with Gasteiger partial charge < -0.3 is 9.14 Å². The van der Waals surface area contributed by atoms with E-state index >= 15 is 0 Å². The van der Waals surface area contributed by atoms with Crippen molar-refractivity contribution >= 4 is 5.65 Å². The summed E-state index contributed by atoms with van der Waals surface area (Å²) in [6.45, 7) is 9.34. The fourth-order valence-corrected chi connectivity index (χ4v) is 3.31. The molecular weight excluding hydrogens is 344 g/mol. The Balaban J connectivity index is 1.49. The number of fused-ring (bicyclic) bond motifs is 1. The molecule has 2 aromatic heterocycles. The predicted molar refractivity (Wildman–Crippen MR) is 115 cm³/mol. The van der Waals surface area contributed by atoms with E-state index in [-0.39, 0.29) is 5.41 Å². The Hall–Kier alpha value is -3.07. The molecule has 4 rings (SSSR count). The maximum atomic E-state index is 6.07. The van der Waals surface area contributed by atoms with Crippen molar-refractivity contribution in [3.05, 3.63) is 89.7 Å². The lowest BCUT2D eigenvalue weighted by atomic mass is 9.87. The number of hydrogen-bond acceptors (Lipinski definition) is 2. The Bertz CT molecular complexity index is 1070. The molecule has 3 nitrogen and oxygen atoms in total. The van der Waals surface area contributed by atoms with E-state index in [1.807, 2.05) is 34.9 Å². The first-order valence-electron chi connectivity index (χ1n) is 9.67. The van der Waals surface area contributed by atoms with Crippen LogP contribution in [0.15, 0.2) is 73.1 Å². The molecular formula is C25H26N2O. The number of benzene rings is 2. The highest BCUT2D eigenvalue weighted by molar-refractivity contribution is 5.64. The third kappa shape index (κ3) is 3.79. The third-order valence-corrected chi connectivity index (χ3v) is 5.05. The van der Waals surface area contributed by atoms with Crippen LogP contribution in [0, 0.1) is 6.92 Å². The molecule has 2 heterocycles. The molecule has 3 heteroatoms. The standard InChI is InChI=1S/C25H26N2O/c1-18-15-20(22-16-27-14-6-5-7-24(27)26-22)10-13-23(18)28-17-19-8-11-21(12-9-19)25(2,3)4/h5-16H,17H2,1-4H3. The van der Waals surface area contributed by atoms with E-state index in [9.17, 15) is 0 Å². The van der Waals surface area contributed by atoms with E-state index in [1.54, 1.807) is 0 Å². The van der Waals surface area contributed by atoms with Crippen molar-refractivity contribution < 1.29 is 4.74 Å². The van der Waals surface area contributed by atoms with Crippen LogP contribution in [0.25, 0.3) is 16.9 Å². The first-order chi connectivity index (χ1) is 13.4. The summed E-state index contributed by atoms with van der Waals surface area (Å²) in [6, 6.07) is 21.0. The zero-order chi connectivity index (χ0) is 19.7. The van der Waals surface area contributed by atoms with Crippen LogP contribution in [-0.4, -0.2) is 9.38 Å². The molecule has 0 aliphatic heterocycles. The highest BCUT2D eigenvalue weighted by Gasteiger charge is 2.13. The van der Waals surface area contributed by atoms with Gasteiger partial charge in [-0.1, -0.05) is 51.1 Å². The summed E-state index contributed by atoms with van der Waals surface area (Å²) in [7, 11) is 0. The van der Waals surface area contributed by atoms with Gasteiger partial charge in [0.1, 0.15) is 18.0 Å². The van der Waals surface area contributed by atoms with Gasteiger partial charge in [0, 0.05) is 18.0 Å². The lowest BCUT2D eigenvalue weighted by molar-refractivity contribution is 0.304. The molecule has 0 saturated carbocycles. The number of imidazole rings is 1. The van der Waals surface area contributed by atoms with Gasteiger partial charge >= 0.3 is 0 Å². The molecule has 0 saturated heterocycles. The zero-order valence-corrected chi connectivity index (χ0v) is 16.9. The molecule has 0 unspecified atom stereocenters. The van der Waals surface area contributed by atoms with Gasteiger partial charge in [-0.2, -0.15) is 0 Å². The number of rotatable bonds is 4. The van der Waals surface area contributed by atoms with Crippen LogP contribution in [-0.2, 0) is 12.0 Å². The number of aryl methyl sites for hydroxylation is 1. The smallest absolute Gasteiger partial charge is 0.137 e. The van der Waals surface area contributed by atoms with Crippen molar-refractivity contribution in [3.8, 4) is 17.0 Å². The van der Waals surface area contributed by atoms with Gasteiger partial charge in [0.15, 0.2) is 0 Å². The van der Waals surface area contributed by atoms with Crippen LogP contribution in [0.2, 0.25) is 0 Å². The van der Waals surface area contributed by atoms with E-state index in [0.29, 0.717) is 6.61 Å². The van der Waals surface area contributed by atoms with Gasteiger partial charge in [0.05, 0.1) is 5.69 Å². The molecule has 0 atom stereocenters. The number of ether oxygens (including phenoxy) is 1. The summed E-state index contributed by atoms with van der Waals surface area (Å²) in [4.78, 5) is 4.70. The summed E-state index contributed by atoms with van der Waals surface area (Å²) in [5.74, 6) is 0.910. The zero-order valence-electron chi connectivity index (χ0n) is 16.9. The van der Waals surface area contributed by atoms with E-state index in [1.165, 1.54) is 11.1 Å². The number of hydrogen-bond donors (Lipinski definition) is 0. The molecule has 2 aromatic carbocycles. The van der Waals surface area contributed by atoms with Crippen molar-refractivity contribution in [1.29, 1.82) is 0 Å². The van der Waals surface area contributed by atoms with Crippen LogP contribution < -0.4 is 4.74 Å². The average molecular weight is 370 g/mol. The molecule has 0 amide bonds. The van der Waals surface area contributed by atoms with Crippen molar-refractivity contribution in [3.63, 3.8) is 0 Å². The lowest BCUT2D eigenvalue weighted by Crippen LogP contribution is -2.10. The molecule has 0 fully saturated rings. The van der Waals surface area contributed by atoms with Gasteiger partial charge in [0.2, 0.25) is 0 Å². The normalized spacial score (nSPS) is 11.7. The van der Waals surface area contributed by atoms with Crippen molar-refractivity contribution in [2.75, 3.05) is 0 Å². The van der Waals surface area contributed by atoms with Crippen LogP contribution in [0.1, 0.15) is 37.5 Å². The highest BCUT2D eigenvalue weighted by atomic mass is 16.5. The molecule has 0 bridgehead atoms. The Morgan fingerprint density at radius 1 is 0.964 bits per heavy atom. The summed E-state index contributed by atoms with van der Waals surface area (Å²) in [5.41, 5.74) is 6.82. The Kier molecular flexibility index (Phi) is 4.68. The SMILES string of the molecule is Cc1cc(-c2cn3ccccc3n2)ccc1OCc1ccc(C(C)(C)C)cc1. The lowest BCUT2D eigenvalue weighted by Gasteiger charge is -2.19. The summed E-state index contributed by atoms with van der Waals surface area (Å²) in [6.07, 6.45) is 4.07. The van der Waals surface area contributed by atoms with E-state index < -0.39 is 0 Å². The molecule has 0 aliphatic rings. The predicted octanol–water partition coefficient (Wildman–Crippen LogP) is 6.19. The van der Waals surface area contributed by atoms with Gasteiger partial charge in [-0.25, -0.2) is 4.98 Å². The van der Waals surface area contributed by atoms with Crippen molar-refractivity contribution in [2.45, 2.75) is 39.7 Å². The first kappa shape index (κ1) is 18.3. The van der Waals surface area contributed by atoms with Crippen LogP contribution >= 0.6 is 0 Å². The molecule has 0 N–H and O–H groups in total. The largest absolute Gasteiger partial charge is 0.489 e. The molecule has 0 aliphatic carbocycles. The number of pyridine rings is 1. The van der Waals surface area contributed by atoms with Gasteiger partial charge in [-0.3, -0.25) is 0 Å². The summed E-state index contributed by atoms with van der Waals surface area (Å²) >= 11 is 0. The summed E-state index contributed by atoms with van der Waals surface area (Å²) < 4.78 is 8.11. The van der Waals surface area contributed by atoms with Crippen LogP contribution in [0.4, 0.5) is 0 Å². The Morgan fingerprint density at radius 3 is 2.43 bits per heavy atom. The molecule has 0 spiro atoms. The minimum absolute atomic E-state index is 0.170. The molecule has 4 aromatic rings. The molecule has 142 valence electrons. The fraction of sp³-hybridized carbons (Fsp3) is 0.240. The van der Waals surface area contributed by atoms with E-state index in [0.717, 1.165) is 28.2 Å². The highest BCUT2D eigenvalue weighted by Crippen LogP contribution is 2.27. The maximum absolute atomic E-state index is 6.07. The monoisotopic (exact) mass is 370 g/mol. The van der Waals surface area contributed by atoms with Crippen molar-refractivity contribution in [2.24, 2.45) is 0 Å².